The number of nitrogens with zero attached hydrogens (tertiary/aromatic N) is 1. The molecule has 0 aliphatic carbocycles. The Morgan fingerprint density at radius 2 is 1.65 bits per heavy atom. The Hall–Kier alpha value is -2.58. The molecule has 0 bridgehead atoms. The van der Waals surface area contributed by atoms with Crippen molar-refractivity contribution in [2.45, 2.75) is 50.0 Å². The Morgan fingerprint density at radius 3 is 2.29 bits per heavy atom. The Balaban J connectivity index is 1.36. The van der Waals surface area contributed by atoms with Crippen molar-refractivity contribution in [3.05, 3.63) is 53.6 Å². The van der Waals surface area contributed by atoms with E-state index >= 15 is 0 Å². The molecule has 0 radical (unpaired) electrons. The highest BCUT2D eigenvalue weighted by Crippen LogP contribution is 2.33. The van der Waals surface area contributed by atoms with Gasteiger partial charge in [0.2, 0.25) is 16.8 Å². The van der Waals surface area contributed by atoms with Gasteiger partial charge in [0.05, 0.1) is 4.90 Å². The third-order valence-corrected chi connectivity index (χ3v) is 7.29. The number of rotatable bonds is 4. The molecule has 1 saturated heterocycles. The molecule has 0 atom stereocenters. The third kappa shape index (κ3) is 4.70. The van der Waals surface area contributed by atoms with Crippen LogP contribution < -0.4 is 14.2 Å². The quantitative estimate of drug-likeness (QED) is 0.782. The number of nitrogens with one attached hydrogen (secondary N) is 1. The van der Waals surface area contributed by atoms with Gasteiger partial charge >= 0.3 is 0 Å². The van der Waals surface area contributed by atoms with E-state index in [4.69, 9.17) is 9.47 Å². The van der Waals surface area contributed by atoms with Crippen LogP contribution >= 0.6 is 0 Å². The number of carbonyl (C=O) groups excluding carboxylic acids is 1. The lowest BCUT2D eigenvalue weighted by atomic mass is 9.87. The van der Waals surface area contributed by atoms with E-state index in [-0.39, 0.29) is 29.1 Å². The Bertz CT molecular complexity index is 1070. The Kier molecular flexibility index (Phi) is 5.70. The highest BCUT2D eigenvalue weighted by Gasteiger charge is 2.28. The van der Waals surface area contributed by atoms with Crippen LogP contribution in [0.2, 0.25) is 0 Å². The number of ether oxygens (including phenoxy) is 2. The van der Waals surface area contributed by atoms with Gasteiger partial charge in [-0.3, -0.25) is 4.79 Å². The van der Waals surface area contributed by atoms with Crippen molar-refractivity contribution in [2.24, 2.45) is 0 Å². The number of hydrogen-bond acceptors (Lipinski definition) is 5. The van der Waals surface area contributed by atoms with Gasteiger partial charge in [0.15, 0.2) is 11.5 Å². The van der Waals surface area contributed by atoms with Gasteiger partial charge in [0, 0.05) is 24.7 Å². The van der Waals surface area contributed by atoms with Gasteiger partial charge in [-0.15, -0.1) is 0 Å². The molecular formula is C23H28N2O5S. The minimum atomic E-state index is -3.60. The average molecular weight is 445 g/mol. The molecule has 2 aromatic rings. The van der Waals surface area contributed by atoms with Gasteiger partial charge in [0.25, 0.3) is 5.91 Å². The lowest BCUT2D eigenvalue weighted by Gasteiger charge is -2.32. The van der Waals surface area contributed by atoms with Crippen LogP contribution in [0.1, 0.15) is 49.5 Å². The van der Waals surface area contributed by atoms with E-state index in [2.05, 4.69) is 25.5 Å². The molecule has 31 heavy (non-hydrogen) atoms. The van der Waals surface area contributed by atoms with Gasteiger partial charge in [-0.05, 0) is 54.2 Å². The first kappa shape index (κ1) is 21.6. The largest absolute Gasteiger partial charge is 0.454 e. The molecule has 0 aromatic heterocycles. The summed E-state index contributed by atoms with van der Waals surface area (Å²) in [6, 6.07) is 12.0. The number of piperidine rings is 1. The maximum atomic E-state index is 12.8. The lowest BCUT2D eigenvalue weighted by Crippen LogP contribution is -2.46. The molecule has 2 heterocycles. The molecule has 4 rings (SSSR count). The first-order chi connectivity index (χ1) is 14.6. The fraction of sp³-hybridized carbons (Fsp3) is 0.435. The van der Waals surface area contributed by atoms with E-state index in [1.165, 1.54) is 0 Å². The zero-order valence-electron chi connectivity index (χ0n) is 18.1. The van der Waals surface area contributed by atoms with Crippen molar-refractivity contribution in [2.75, 3.05) is 19.9 Å². The second kappa shape index (κ2) is 8.16. The van der Waals surface area contributed by atoms with Gasteiger partial charge in [0.1, 0.15) is 0 Å². The Labute approximate surface area is 183 Å². The molecule has 2 aromatic carbocycles. The van der Waals surface area contributed by atoms with Gasteiger partial charge in [-0.25, -0.2) is 13.1 Å². The highest BCUT2D eigenvalue weighted by molar-refractivity contribution is 7.89. The maximum absolute atomic E-state index is 12.8. The third-order valence-electron chi connectivity index (χ3n) is 5.75. The molecule has 1 amide bonds. The molecule has 166 valence electrons. The van der Waals surface area contributed by atoms with Crippen LogP contribution in [0, 0.1) is 0 Å². The standard InChI is InChI=1S/C23H28N2O5S/c1-23(2,3)17-5-7-19(8-6-17)31(27,28)24-18-10-12-25(13-11-18)22(26)16-4-9-20-21(14-16)30-15-29-20/h4-9,14,18,24H,10-13,15H2,1-3H3. The van der Waals surface area contributed by atoms with E-state index in [0.29, 0.717) is 43.0 Å². The molecule has 2 aliphatic rings. The van der Waals surface area contributed by atoms with Crippen molar-refractivity contribution in [3.63, 3.8) is 0 Å². The predicted octanol–water partition coefficient (Wildman–Crippen LogP) is 3.30. The molecule has 2 aliphatic heterocycles. The minimum absolute atomic E-state index is 0.0347. The number of sulfonamides is 1. The summed E-state index contributed by atoms with van der Waals surface area (Å²) in [7, 11) is -3.60. The SMILES string of the molecule is CC(C)(C)c1ccc(S(=O)(=O)NC2CCN(C(=O)c3ccc4c(c3)OCO4)CC2)cc1. The number of likely N-dealkylation sites (tertiary alicyclic amines) is 1. The van der Waals surface area contributed by atoms with E-state index in [1.807, 2.05) is 12.1 Å². The second-order valence-electron chi connectivity index (χ2n) is 9.03. The van der Waals surface area contributed by atoms with Crippen LogP contribution in [0.25, 0.3) is 0 Å². The summed E-state index contributed by atoms with van der Waals surface area (Å²) >= 11 is 0. The van der Waals surface area contributed by atoms with Crippen molar-refractivity contribution in [1.82, 2.24) is 9.62 Å². The monoisotopic (exact) mass is 444 g/mol. The second-order valence-corrected chi connectivity index (χ2v) is 10.7. The van der Waals surface area contributed by atoms with E-state index in [0.717, 1.165) is 5.56 Å². The van der Waals surface area contributed by atoms with E-state index in [1.54, 1.807) is 35.2 Å². The lowest BCUT2D eigenvalue weighted by molar-refractivity contribution is 0.0711. The predicted molar refractivity (Wildman–Crippen MR) is 117 cm³/mol. The van der Waals surface area contributed by atoms with Crippen LogP contribution in [-0.4, -0.2) is 45.1 Å². The fourth-order valence-corrected chi connectivity index (χ4v) is 5.14. The zero-order chi connectivity index (χ0) is 22.2. The van der Waals surface area contributed by atoms with Crippen molar-refractivity contribution < 1.29 is 22.7 Å². The summed E-state index contributed by atoms with van der Waals surface area (Å²) in [5, 5.41) is 0. The smallest absolute Gasteiger partial charge is 0.253 e. The van der Waals surface area contributed by atoms with E-state index < -0.39 is 10.0 Å². The molecule has 0 unspecified atom stereocenters. The topological polar surface area (TPSA) is 84.9 Å². The molecule has 0 saturated carbocycles. The van der Waals surface area contributed by atoms with Crippen molar-refractivity contribution >= 4 is 15.9 Å². The first-order valence-electron chi connectivity index (χ1n) is 10.5. The molecule has 1 N–H and O–H groups in total. The highest BCUT2D eigenvalue weighted by atomic mass is 32.2. The minimum Gasteiger partial charge on any atom is -0.454 e. The van der Waals surface area contributed by atoms with Gasteiger partial charge < -0.3 is 14.4 Å². The van der Waals surface area contributed by atoms with Crippen LogP contribution in [0.5, 0.6) is 11.5 Å². The summed E-state index contributed by atoms with van der Waals surface area (Å²) in [5.74, 6) is 1.13. The number of carbonyl (C=O) groups is 1. The number of fused-ring (bicyclic) bond motifs is 1. The van der Waals surface area contributed by atoms with Gasteiger partial charge in [-0.2, -0.15) is 0 Å². The summed E-state index contributed by atoms with van der Waals surface area (Å²) in [6.07, 6.45) is 1.13. The average Bonchev–Trinajstić information content (AvgIpc) is 3.21. The molecule has 1 fully saturated rings. The van der Waals surface area contributed by atoms with Gasteiger partial charge in [-0.1, -0.05) is 32.9 Å². The first-order valence-corrected chi connectivity index (χ1v) is 11.9. The van der Waals surface area contributed by atoms with Crippen LogP contribution in [0.4, 0.5) is 0 Å². The fourth-order valence-electron chi connectivity index (χ4n) is 3.83. The van der Waals surface area contributed by atoms with E-state index in [9.17, 15) is 13.2 Å². The van der Waals surface area contributed by atoms with Crippen LogP contribution in [0.15, 0.2) is 47.4 Å². The summed E-state index contributed by atoms with van der Waals surface area (Å²) in [4.78, 5) is 14.8. The zero-order valence-corrected chi connectivity index (χ0v) is 18.9. The molecule has 8 heteroatoms. The van der Waals surface area contributed by atoms with Crippen molar-refractivity contribution in [1.29, 1.82) is 0 Å². The van der Waals surface area contributed by atoms with Crippen LogP contribution in [-0.2, 0) is 15.4 Å². The van der Waals surface area contributed by atoms with Crippen molar-refractivity contribution in [3.8, 4) is 11.5 Å². The molecular weight excluding hydrogens is 416 g/mol. The Morgan fingerprint density at radius 1 is 1.00 bits per heavy atom. The normalized spacial score (nSPS) is 17.1. The summed E-state index contributed by atoms with van der Waals surface area (Å²) in [5.41, 5.74) is 1.59. The summed E-state index contributed by atoms with van der Waals surface area (Å²) in [6.45, 7) is 7.42. The maximum Gasteiger partial charge on any atom is 0.253 e. The molecule has 0 spiro atoms. The molecule has 7 nitrogen and oxygen atoms in total. The van der Waals surface area contributed by atoms with Crippen LogP contribution in [0.3, 0.4) is 0 Å². The summed E-state index contributed by atoms with van der Waals surface area (Å²) < 4.78 is 39.0. The number of benzene rings is 2. The number of amides is 1. The number of hydrogen-bond donors (Lipinski definition) is 1.